The summed E-state index contributed by atoms with van der Waals surface area (Å²) in [4.78, 5) is 6.11. The van der Waals surface area contributed by atoms with Crippen LogP contribution in [0.5, 0.6) is 0 Å². The molecule has 0 aliphatic heterocycles. The third kappa shape index (κ3) is 2.21. The van der Waals surface area contributed by atoms with Gasteiger partial charge in [-0.05, 0) is 23.6 Å². The van der Waals surface area contributed by atoms with Crippen LogP contribution in [-0.2, 0) is 6.54 Å². The number of nitrogens with zero attached hydrogens (tertiary/aromatic N) is 7. The molecule has 0 atom stereocenters. The third-order valence-corrected chi connectivity index (χ3v) is 3.95. The van der Waals surface area contributed by atoms with Crippen molar-refractivity contribution in [2.24, 2.45) is 0 Å². The Hall–Kier alpha value is -2.81. The van der Waals surface area contributed by atoms with E-state index in [1.165, 1.54) is 6.33 Å². The summed E-state index contributed by atoms with van der Waals surface area (Å²) in [6.45, 7) is 0.592. The van der Waals surface area contributed by atoms with Gasteiger partial charge < -0.3 is 4.90 Å². The zero-order valence-corrected chi connectivity index (χ0v) is 12.5. The first-order chi connectivity index (χ1) is 10.8. The molecule has 4 rings (SSSR count). The largest absolute Gasteiger partial charge is 0.351 e. The summed E-state index contributed by atoms with van der Waals surface area (Å²) in [6.07, 6.45) is 1.49. The number of fused-ring (bicyclic) bond motifs is 1. The molecule has 1 N–H and O–H groups in total. The Morgan fingerprint density at radius 1 is 1.27 bits per heavy atom. The quantitative estimate of drug-likeness (QED) is 0.616. The van der Waals surface area contributed by atoms with Gasteiger partial charge in [0.1, 0.15) is 18.0 Å². The lowest BCUT2D eigenvalue weighted by molar-refractivity contribution is 0.803. The summed E-state index contributed by atoms with van der Waals surface area (Å²) in [5, 5.41) is 23.7. The zero-order chi connectivity index (χ0) is 14.9. The molecule has 0 unspecified atom stereocenters. The third-order valence-electron chi connectivity index (χ3n) is 3.27. The van der Waals surface area contributed by atoms with Gasteiger partial charge in [-0.3, -0.25) is 5.10 Å². The van der Waals surface area contributed by atoms with Crippen LogP contribution in [0.4, 0.5) is 5.82 Å². The second-order valence-electron chi connectivity index (χ2n) is 4.79. The predicted molar refractivity (Wildman–Crippen MR) is 82.6 cm³/mol. The summed E-state index contributed by atoms with van der Waals surface area (Å²) >= 11 is 1.62. The number of aromatic nitrogens is 7. The minimum Gasteiger partial charge on any atom is -0.351 e. The minimum atomic E-state index is 0.592. The highest BCUT2D eigenvalue weighted by Crippen LogP contribution is 2.21. The van der Waals surface area contributed by atoms with E-state index < -0.39 is 0 Å². The molecule has 4 heterocycles. The van der Waals surface area contributed by atoms with Crippen LogP contribution in [-0.4, -0.2) is 42.0 Å². The normalized spacial score (nSPS) is 11.1. The maximum absolute atomic E-state index is 4.63. The molecule has 0 saturated heterocycles. The Labute approximate surface area is 129 Å². The topological polar surface area (TPSA) is 87.9 Å². The molecule has 0 aliphatic rings. The molecular formula is C13H12N8S. The van der Waals surface area contributed by atoms with Crippen LogP contribution < -0.4 is 4.90 Å². The van der Waals surface area contributed by atoms with Gasteiger partial charge in [-0.2, -0.15) is 21.0 Å². The first kappa shape index (κ1) is 12.9. The van der Waals surface area contributed by atoms with E-state index in [0.717, 1.165) is 28.7 Å². The predicted octanol–water partition coefficient (Wildman–Crippen LogP) is 1.61. The van der Waals surface area contributed by atoms with Crippen molar-refractivity contribution in [3.8, 4) is 11.4 Å². The molecule has 0 spiro atoms. The molecule has 110 valence electrons. The molecule has 0 aromatic carbocycles. The second kappa shape index (κ2) is 5.19. The van der Waals surface area contributed by atoms with Gasteiger partial charge in [0, 0.05) is 18.0 Å². The molecule has 4 aromatic rings. The van der Waals surface area contributed by atoms with E-state index in [4.69, 9.17) is 0 Å². The van der Waals surface area contributed by atoms with Crippen molar-refractivity contribution in [1.82, 2.24) is 35.0 Å². The first-order valence-corrected chi connectivity index (χ1v) is 7.56. The zero-order valence-electron chi connectivity index (χ0n) is 11.7. The average molecular weight is 312 g/mol. The molecule has 0 saturated carbocycles. The molecule has 0 amide bonds. The first-order valence-electron chi connectivity index (χ1n) is 6.62. The lowest BCUT2D eigenvalue weighted by atomic mass is 10.3. The highest BCUT2D eigenvalue weighted by atomic mass is 32.1. The van der Waals surface area contributed by atoms with E-state index in [-0.39, 0.29) is 0 Å². The van der Waals surface area contributed by atoms with E-state index >= 15 is 0 Å². The van der Waals surface area contributed by atoms with Crippen LogP contribution in [0.3, 0.4) is 0 Å². The van der Waals surface area contributed by atoms with Crippen molar-refractivity contribution >= 4 is 22.8 Å². The van der Waals surface area contributed by atoms with Gasteiger partial charge in [0.2, 0.25) is 0 Å². The van der Waals surface area contributed by atoms with Gasteiger partial charge in [0.05, 0.1) is 6.54 Å². The number of hydrogen-bond acceptors (Lipinski definition) is 7. The molecule has 22 heavy (non-hydrogen) atoms. The molecule has 9 heteroatoms. The van der Waals surface area contributed by atoms with Crippen LogP contribution in [0.15, 0.2) is 35.3 Å². The summed E-state index contributed by atoms with van der Waals surface area (Å²) < 4.78 is 1.76. The van der Waals surface area contributed by atoms with Crippen LogP contribution in [0.1, 0.15) is 5.82 Å². The van der Waals surface area contributed by atoms with E-state index in [0.29, 0.717) is 6.54 Å². The lowest BCUT2D eigenvalue weighted by Crippen LogP contribution is -2.19. The van der Waals surface area contributed by atoms with E-state index in [1.807, 2.05) is 40.9 Å². The Morgan fingerprint density at radius 2 is 2.23 bits per heavy atom. The summed E-state index contributed by atoms with van der Waals surface area (Å²) in [5.41, 5.74) is 1.73. The fourth-order valence-corrected chi connectivity index (χ4v) is 2.80. The SMILES string of the molecule is CN(Cc1ncn[nH]1)c1ccc2nnc(-c3ccsc3)n2n1. The average Bonchev–Trinajstić information content (AvgIpc) is 3.27. The number of thiophene rings is 1. The maximum Gasteiger partial charge on any atom is 0.186 e. The van der Waals surface area contributed by atoms with Crippen molar-refractivity contribution in [2.75, 3.05) is 11.9 Å². The number of nitrogens with one attached hydrogen (secondary N) is 1. The number of hydrogen-bond donors (Lipinski definition) is 1. The summed E-state index contributed by atoms with van der Waals surface area (Å²) in [7, 11) is 1.95. The van der Waals surface area contributed by atoms with Gasteiger partial charge in [0.15, 0.2) is 11.5 Å². The van der Waals surface area contributed by atoms with Crippen molar-refractivity contribution in [2.45, 2.75) is 6.54 Å². The van der Waals surface area contributed by atoms with Crippen LogP contribution >= 0.6 is 11.3 Å². The molecule has 4 aromatic heterocycles. The summed E-state index contributed by atoms with van der Waals surface area (Å²) in [6, 6.07) is 5.83. The van der Waals surface area contributed by atoms with Crippen LogP contribution in [0.2, 0.25) is 0 Å². The maximum atomic E-state index is 4.63. The van der Waals surface area contributed by atoms with Crippen LogP contribution in [0, 0.1) is 0 Å². The number of rotatable bonds is 4. The Kier molecular flexibility index (Phi) is 3.04. The molecule has 0 radical (unpaired) electrons. The standard InChI is InChI=1S/C13H12N8S/c1-20(6-10-14-8-15-16-10)12-3-2-11-17-18-13(21(11)19-12)9-4-5-22-7-9/h2-5,7-8H,6H2,1H3,(H,14,15,16). The van der Waals surface area contributed by atoms with E-state index in [1.54, 1.807) is 15.9 Å². The van der Waals surface area contributed by atoms with Gasteiger partial charge in [-0.1, -0.05) is 0 Å². The van der Waals surface area contributed by atoms with E-state index in [9.17, 15) is 0 Å². The Bertz CT molecular complexity index is 880. The summed E-state index contributed by atoms with van der Waals surface area (Å²) in [5.74, 6) is 2.33. The van der Waals surface area contributed by atoms with Crippen molar-refractivity contribution in [1.29, 1.82) is 0 Å². The molecule has 8 nitrogen and oxygen atoms in total. The van der Waals surface area contributed by atoms with Gasteiger partial charge in [0.25, 0.3) is 0 Å². The fraction of sp³-hybridized carbons (Fsp3) is 0.154. The number of anilines is 1. The van der Waals surface area contributed by atoms with Crippen molar-refractivity contribution < 1.29 is 0 Å². The lowest BCUT2D eigenvalue weighted by Gasteiger charge is -2.16. The number of H-pyrrole nitrogens is 1. The smallest absolute Gasteiger partial charge is 0.186 e. The number of aromatic amines is 1. The molecule has 0 bridgehead atoms. The van der Waals surface area contributed by atoms with Crippen molar-refractivity contribution in [3.63, 3.8) is 0 Å². The van der Waals surface area contributed by atoms with Crippen LogP contribution in [0.25, 0.3) is 17.0 Å². The molecular weight excluding hydrogens is 300 g/mol. The highest BCUT2D eigenvalue weighted by Gasteiger charge is 2.12. The monoisotopic (exact) mass is 312 g/mol. The molecule has 0 fully saturated rings. The minimum absolute atomic E-state index is 0.592. The fourth-order valence-electron chi connectivity index (χ4n) is 2.17. The van der Waals surface area contributed by atoms with Crippen molar-refractivity contribution in [3.05, 3.63) is 41.1 Å². The van der Waals surface area contributed by atoms with Gasteiger partial charge in [-0.25, -0.2) is 4.98 Å². The molecule has 0 aliphatic carbocycles. The Morgan fingerprint density at radius 3 is 3.00 bits per heavy atom. The van der Waals surface area contributed by atoms with Gasteiger partial charge in [-0.15, -0.1) is 15.3 Å². The highest BCUT2D eigenvalue weighted by molar-refractivity contribution is 7.08. The Balaban J connectivity index is 1.72. The van der Waals surface area contributed by atoms with E-state index in [2.05, 4.69) is 30.5 Å². The second-order valence-corrected chi connectivity index (χ2v) is 5.57. The van der Waals surface area contributed by atoms with Gasteiger partial charge >= 0.3 is 0 Å².